The first-order valence-corrected chi connectivity index (χ1v) is 6.10. The summed E-state index contributed by atoms with van der Waals surface area (Å²) in [5, 5.41) is 0. The lowest BCUT2D eigenvalue weighted by atomic mass is 10.2. The van der Waals surface area contributed by atoms with Gasteiger partial charge >= 0.3 is 25.4 Å². The average Bonchev–Trinajstić information content (AvgIpc) is 2.03. The lowest BCUT2D eigenvalue weighted by Gasteiger charge is -2.06. The van der Waals surface area contributed by atoms with Crippen molar-refractivity contribution in [2.75, 3.05) is 0 Å². The van der Waals surface area contributed by atoms with Gasteiger partial charge < -0.3 is 9.07 Å². The minimum Gasteiger partial charge on any atom is -0.336 e. The van der Waals surface area contributed by atoms with E-state index in [1.54, 1.807) is 0 Å². The van der Waals surface area contributed by atoms with Crippen LogP contribution in [0.1, 0.15) is 5.56 Å². The second-order valence-electron chi connectivity index (χ2n) is 2.33. The molecule has 0 spiro atoms. The van der Waals surface area contributed by atoms with Gasteiger partial charge in [0.1, 0.15) is 0 Å². The Hall–Kier alpha value is 0.0662. The highest BCUT2D eigenvalue weighted by Gasteiger charge is 2.29. The van der Waals surface area contributed by atoms with Gasteiger partial charge in [-0.1, -0.05) is 24.3 Å². The lowest BCUT2D eigenvalue weighted by molar-refractivity contribution is -0.137. The number of halogens is 4. The predicted molar refractivity (Wildman–Crippen MR) is 42.7 cm³/mol. The number of hydrogen-bond donors (Lipinski definition) is 0. The molecule has 0 aliphatic rings. The monoisotopic (exact) mass is 204 g/mol. The molecule has 0 fully saturated rings. The van der Waals surface area contributed by atoms with E-state index in [-0.39, 0.29) is 0 Å². The molecule has 0 aromatic heterocycles. The second-order valence-corrected chi connectivity index (χ2v) is 4.21. The van der Waals surface area contributed by atoms with Gasteiger partial charge in [-0.05, 0) is 0 Å². The maximum atomic E-state index is 12.0. The van der Waals surface area contributed by atoms with Gasteiger partial charge in [0.05, 0.1) is 5.56 Å². The summed E-state index contributed by atoms with van der Waals surface area (Å²) in [6.07, 6.45) is -4.24. The second kappa shape index (κ2) is 3.85. The van der Waals surface area contributed by atoms with E-state index in [2.05, 4.69) is 0 Å². The largest absolute Gasteiger partial charge is 0.538 e. The van der Waals surface area contributed by atoms with Gasteiger partial charge in [-0.2, -0.15) is 13.2 Å². The lowest BCUT2D eigenvalue weighted by Crippen LogP contribution is -2.11. The highest BCUT2D eigenvalue weighted by Crippen LogP contribution is 2.28. The number of benzene rings is 1. The van der Waals surface area contributed by atoms with Crippen LogP contribution in [0.15, 0.2) is 24.3 Å². The third-order valence-corrected chi connectivity index (χ3v) is 3.14. The van der Waals surface area contributed by atoms with Crippen LogP contribution < -0.4 is 3.69 Å². The van der Waals surface area contributed by atoms with Crippen LogP contribution in [0.5, 0.6) is 0 Å². The first kappa shape index (κ1) is 10.1. The van der Waals surface area contributed by atoms with Crippen LogP contribution in [0.4, 0.5) is 13.2 Å². The molecule has 0 unspecified atom stereocenters. The molecule has 1 rings (SSSR count). The van der Waals surface area contributed by atoms with Gasteiger partial charge in [0, 0.05) is 0 Å². The zero-order valence-corrected chi connectivity index (χ0v) is 8.20. The molecule has 0 aliphatic carbocycles. The quantitative estimate of drug-likeness (QED) is 0.616. The van der Waals surface area contributed by atoms with E-state index >= 15 is 0 Å². The van der Waals surface area contributed by atoms with Crippen molar-refractivity contribution in [3.05, 3.63) is 29.8 Å². The predicted octanol–water partition coefficient (Wildman–Crippen LogP) is 2.19. The Labute approximate surface area is 81.2 Å². The van der Waals surface area contributed by atoms with E-state index in [9.17, 15) is 13.2 Å². The Kier molecular flexibility index (Phi) is 3.26. The Balaban J connectivity index is 2.93. The van der Waals surface area contributed by atoms with Crippen LogP contribution in [0.25, 0.3) is 0 Å². The van der Waals surface area contributed by atoms with Crippen LogP contribution in [0.3, 0.4) is 0 Å². The minimum atomic E-state index is -4.24. The van der Waals surface area contributed by atoms with Gasteiger partial charge in [-0.3, -0.25) is 0 Å². The first-order valence-electron chi connectivity index (χ1n) is 3.26. The van der Waals surface area contributed by atoms with E-state index in [1.807, 2.05) is 0 Å². The van der Waals surface area contributed by atoms with Crippen LogP contribution in [0, 0.1) is 0 Å². The smallest absolute Gasteiger partial charge is 0.336 e. The standard InChI is InChI=1S/C7H4F3.ClH.Mg/c8-7(9,10)6-4-2-1-3-5-6;;/h2-5H;1H;/q;;+1/p-1. The maximum absolute atomic E-state index is 12.0. The summed E-state index contributed by atoms with van der Waals surface area (Å²) in [6.45, 7) is 0. The van der Waals surface area contributed by atoms with E-state index in [0.717, 1.165) is 15.8 Å². The van der Waals surface area contributed by atoms with Crippen molar-refractivity contribution in [2.24, 2.45) is 0 Å². The Morgan fingerprint density at radius 2 is 1.58 bits per heavy atom. The molecule has 0 radical (unpaired) electrons. The van der Waals surface area contributed by atoms with Crippen molar-refractivity contribution >= 4 is 32.0 Å². The topological polar surface area (TPSA) is 0 Å². The van der Waals surface area contributed by atoms with Gasteiger partial charge in [0.25, 0.3) is 0 Å². The van der Waals surface area contributed by atoms with Gasteiger partial charge in [0.15, 0.2) is 0 Å². The van der Waals surface area contributed by atoms with Crippen molar-refractivity contribution in [2.45, 2.75) is 6.18 Å². The third kappa shape index (κ3) is 2.54. The van der Waals surface area contributed by atoms with Crippen LogP contribution in [0.2, 0.25) is 0 Å². The fourth-order valence-corrected chi connectivity index (χ4v) is 1.73. The fourth-order valence-electron chi connectivity index (χ4n) is 0.783. The SMILES string of the molecule is FC(F)(F)c1cc[c]([Mg][Cl])cc1. The Bertz CT molecular complexity index is 254. The highest BCUT2D eigenvalue weighted by atomic mass is 35.5. The molecule has 0 atom stereocenters. The highest BCUT2D eigenvalue weighted by molar-refractivity contribution is 7.01. The van der Waals surface area contributed by atoms with Crippen molar-refractivity contribution in [1.29, 1.82) is 0 Å². The molecular weight excluding hydrogens is 201 g/mol. The van der Waals surface area contributed by atoms with Gasteiger partial charge in [-0.15, -0.1) is 3.69 Å². The van der Waals surface area contributed by atoms with Crippen molar-refractivity contribution < 1.29 is 13.2 Å². The molecule has 62 valence electrons. The maximum Gasteiger partial charge on any atom is 0.538 e. The van der Waals surface area contributed by atoms with E-state index in [4.69, 9.17) is 9.07 Å². The first-order chi connectivity index (χ1) is 5.54. The molecule has 1 aromatic carbocycles. The average molecular weight is 205 g/mol. The molecule has 5 heteroatoms. The zero-order chi connectivity index (χ0) is 9.19. The Morgan fingerprint density at radius 1 is 1.08 bits per heavy atom. The van der Waals surface area contributed by atoms with Crippen LogP contribution in [-0.4, -0.2) is 19.3 Å². The van der Waals surface area contributed by atoms with Crippen molar-refractivity contribution in [3.8, 4) is 0 Å². The summed E-state index contributed by atoms with van der Waals surface area (Å²) >= 11 is -0.864. The summed E-state index contributed by atoms with van der Waals surface area (Å²) < 4.78 is 36.8. The minimum absolute atomic E-state index is 0.620. The summed E-state index contributed by atoms with van der Waals surface area (Å²) in [5.41, 5.74) is -0.620. The molecule has 0 N–H and O–H groups in total. The van der Waals surface area contributed by atoms with E-state index < -0.39 is 31.0 Å². The molecule has 0 saturated heterocycles. The molecule has 0 saturated carbocycles. The molecule has 0 heterocycles. The zero-order valence-electron chi connectivity index (χ0n) is 6.03. The molecule has 12 heavy (non-hydrogen) atoms. The molecule has 0 nitrogen and oxygen atoms in total. The Morgan fingerprint density at radius 3 is 1.92 bits per heavy atom. The third-order valence-electron chi connectivity index (χ3n) is 1.44. The molecule has 1 aromatic rings. The molecule has 0 aliphatic heterocycles. The summed E-state index contributed by atoms with van der Waals surface area (Å²) in [4.78, 5) is 0. The number of hydrogen-bond acceptors (Lipinski definition) is 0. The van der Waals surface area contributed by atoms with E-state index in [0.29, 0.717) is 0 Å². The normalized spacial score (nSPS) is 11.0. The number of alkyl halides is 3. The summed E-state index contributed by atoms with van der Waals surface area (Å²) in [6, 6.07) is 4.99. The van der Waals surface area contributed by atoms with Gasteiger partial charge in [-0.25, -0.2) is 0 Å². The molecular formula is C7H4ClF3Mg. The van der Waals surface area contributed by atoms with Crippen LogP contribution >= 0.6 is 9.07 Å². The fraction of sp³-hybridized carbons (Fsp3) is 0.143. The summed E-state index contributed by atoms with van der Waals surface area (Å²) in [5.74, 6) is 0. The van der Waals surface area contributed by atoms with Crippen molar-refractivity contribution in [3.63, 3.8) is 0 Å². The van der Waals surface area contributed by atoms with E-state index in [1.165, 1.54) is 12.1 Å². The van der Waals surface area contributed by atoms with Crippen molar-refractivity contribution in [1.82, 2.24) is 0 Å². The van der Waals surface area contributed by atoms with Gasteiger partial charge in [0.2, 0.25) is 0 Å². The number of rotatable bonds is 1. The molecule has 0 bridgehead atoms. The van der Waals surface area contributed by atoms with Crippen LogP contribution in [-0.2, 0) is 6.18 Å². The molecule has 0 amide bonds. The summed E-state index contributed by atoms with van der Waals surface area (Å²) in [7, 11) is 5.55.